The van der Waals surface area contributed by atoms with Crippen LogP contribution in [0.2, 0.25) is 5.02 Å². The van der Waals surface area contributed by atoms with E-state index in [1.807, 2.05) is 13.0 Å². The lowest BCUT2D eigenvalue weighted by Gasteiger charge is -2.31. The number of carbonyl (C=O) groups excluding carboxylic acids is 1. The molecule has 3 atom stereocenters. The highest BCUT2D eigenvalue weighted by atomic mass is 35.5. The molecule has 0 radical (unpaired) electrons. The minimum atomic E-state index is -0.884. The summed E-state index contributed by atoms with van der Waals surface area (Å²) < 4.78 is 23.3. The van der Waals surface area contributed by atoms with Crippen molar-refractivity contribution in [2.24, 2.45) is 0 Å². The summed E-state index contributed by atoms with van der Waals surface area (Å²) in [6.07, 6.45) is 4.18. The second kappa shape index (κ2) is 8.41. The van der Waals surface area contributed by atoms with Gasteiger partial charge in [-0.1, -0.05) is 31.4 Å². The zero-order chi connectivity index (χ0) is 17.8. The lowest BCUT2D eigenvalue weighted by molar-refractivity contribution is -0.121. The maximum Gasteiger partial charge on any atom is 0.224 e. The SMILES string of the molecule is CC[S@@](=O)[C@@H]1CCCC[C@@H]1NC(=O)Cc1cc(Cl)c2c(c1)OCCO2. The van der Waals surface area contributed by atoms with E-state index in [-0.39, 0.29) is 23.6 Å². The predicted molar refractivity (Wildman–Crippen MR) is 99.0 cm³/mol. The fourth-order valence-electron chi connectivity index (χ4n) is 3.50. The van der Waals surface area contributed by atoms with Crippen molar-refractivity contribution in [2.45, 2.75) is 50.3 Å². The molecule has 2 aliphatic rings. The Morgan fingerprint density at radius 2 is 2.04 bits per heavy atom. The number of rotatable bonds is 5. The van der Waals surface area contributed by atoms with Gasteiger partial charge in [-0.25, -0.2) is 0 Å². The Kier molecular flexibility index (Phi) is 6.23. The topological polar surface area (TPSA) is 64.6 Å². The van der Waals surface area contributed by atoms with E-state index in [0.717, 1.165) is 31.2 Å². The third-order valence-corrected chi connectivity index (χ3v) is 6.78. The van der Waals surface area contributed by atoms with Crippen LogP contribution in [0.3, 0.4) is 0 Å². The number of fused-ring (bicyclic) bond motifs is 1. The first-order valence-corrected chi connectivity index (χ1v) is 10.6. The van der Waals surface area contributed by atoms with Crippen molar-refractivity contribution in [1.82, 2.24) is 5.32 Å². The largest absolute Gasteiger partial charge is 0.486 e. The molecule has 0 bridgehead atoms. The van der Waals surface area contributed by atoms with Crippen LogP contribution in [0.1, 0.15) is 38.2 Å². The second-order valence-corrected chi connectivity index (χ2v) is 8.80. The molecule has 5 nitrogen and oxygen atoms in total. The molecule has 1 aliphatic carbocycles. The van der Waals surface area contributed by atoms with Crippen molar-refractivity contribution in [3.63, 3.8) is 0 Å². The molecular formula is C18H24ClNO4S. The lowest BCUT2D eigenvalue weighted by atomic mass is 9.94. The van der Waals surface area contributed by atoms with Crippen LogP contribution in [0.5, 0.6) is 11.5 Å². The molecule has 1 heterocycles. The highest BCUT2D eigenvalue weighted by Gasteiger charge is 2.30. The van der Waals surface area contributed by atoms with E-state index in [9.17, 15) is 9.00 Å². The molecule has 1 saturated carbocycles. The van der Waals surface area contributed by atoms with Crippen molar-refractivity contribution < 1.29 is 18.5 Å². The molecule has 1 amide bonds. The summed E-state index contributed by atoms with van der Waals surface area (Å²) in [4.78, 5) is 12.5. The summed E-state index contributed by atoms with van der Waals surface area (Å²) in [5.74, 6) is 1.69. The first kappa shape index (κ1) is 18.5. The molecule has 25 heavy (non-hydrogen) atoms. The zero-order valence-electron chi connectivity index (χ0n) is 14.4. The minimum Gasteiger partial charge on any atom is -0.486 e. The molecule has 0 aromatic heterocycles. The quantitative estimate of drug-likeness (QED) is 0.846. The summed E-state index contributed by atoms with van der Waals surface area (Å²) in [5.41, 5.74) is 0.788. The molecule has 0 saturated heterocycles. The van der Waals surface area contributed by atoms with Gasteiger partial charge in [0.05, 0.1) is 16.7 Å². The van der Waals surface area contributed by atoms with Crippen molar-refractivity contribution in [1.29, 1.82) is 0 Å². The molecule has 1 aromatic carbocycles. The Labute approximate surface area is 155 Å². The first-order chi connectivity index (χ1) is 12.1. The van der Waals surface area contributed by atoms with E-state index in [1.165, 1.54) is 0 Å². The molecule has 7 heteroatoms. The summed E-state index contributed by atoms with van der Waals surface area (Å²) in [7, 11) is -0.884. The van der Waals surface area contributed by atoms with Gasteiger partial charge >= 0.3 is 0 Å². The Bertz CT molecular complexity index is 667. The van der Waals surface area contributed by atoms with Gasteiger partial charge in [0, 0.05) is 22.6 Å². The van der Waals surface area contributed by atoms with Crippen LogP contribution in [-0.4, -0.2) is 40.4 Å². The molecule has 0 spiro atoms. The number of nitrogens with one attached hydrogen (secondary N) is 1. The Morgan fingerprint density at radius 3 is 2.84 bits per heavy atom. The van der Waals surface area contributed by atoms with Gasteiger partial charge in [0.1, 0.15) is 13.2 Å². The minimum absolute atomic E-state index is 0.00489. The average molecular weight is 386 g/mol. The maximum absolute atomic E-state index is 12.5. The van der Waals surface area contributed by atoms with E-state index >= 15 is 0 Å². The van der Waals surface area contributed by atoms with Crippen LogP contribution in [0, 0.1) is 0 Å². The van der Waals surface area contributed by atoms with Gasteiger partial charge in [0.2, 0.25) is 5.91 Å². The number of carbonyl (C=O) groups is 1. The summed E-state index contributed by atoms with van der Waals surface area (Å²) in [6, 6.07) is 3.55. The molecule has 1 aliphatic heterocycles. The Balaban J connectivity index is 1.66. The molecule has 1 N–H and O–H groups in total. The second-order valence-electron chi connectivity index (χ2n) is 6.44. The third kappa shape index (κ3) is 4.47. The fraction of sp³-hybridized carbons (Fsp3) is 0.611. The van der Waals surface area contributed by atoms with Crippen molar-refractivity contribution in [3.8, 4) is 11.5 Å². The summed E-state index contributed by atoms with van der Waals surface area (Å²) in [5, 5.41) is 3.61. The molecule has 3 rings (SSSR count). The van der Waals surface area contributed by atoms with Gasteiger partial charge in [-0.05, 0) is 30.5 Å². The number of benzene rings is 1. The van der Waals surface area contributed by atoms with E-state index in [1.54, 1.807) is 6.07 Å². The Morgan fingerprint density at radius 1 is 1.28 bits per heavy atom. The highest BCUT2D eigenvalue weighted by molar-refractivity contribution is 7.85. The van der Waals surface area contributed by atoms with Crippen molar-refractivity contribution in [3.05, 3.63) is 22.7 Å². The molecule has 0 unspecified atom stereocenters. The number of hydrogen-bond acceptors (Lipinski definition) is 4. The summed E-state index contributed by atoms with van der Waals surface area (Å²) in [6.45, 7) is 2.89. The standard InChI is InChI=1S/C18H24ClNO4S/c1-2-25(22)16-6-4-3-5-14(16)20-17(21)11-12-9-13(19)18-15(10-12)23-7-8-24-18/h9-10,14,16H,2-8,11H2,1H3,(H,20,21)/t14-,16+,25+/m0/s1. The lowest BCUT2D eigenvalue weighted by Crippen LogP contribution is -2.47. The van der Waals surface area contributed by atoms with E-state index in [0.29, 0.717) is 35.5 Å². The van der Waals surface area contributed by atoms with Crippen LogP contribution in [0.4, 0.5) is 0 Å². The Hall–Kier alpha value is -1.27. The zero-order valence-corrected chi connectivity index (χ0v) is 16.0. The monoisotopic (exact) mass is 385 g/mol. The van der Waals surface area contributed by atoms with Gasteiger partial charge in [0.25, 0.3) is 0 Å². The molecule has 1 aromatic rings. The third-order valence-electron chi connectivity index (χ3n) is 4.69. The number of ether oxygens (including phenoxy) is 2. The van der Waals surface area contributed by atoms with Gasteiger partial charge in [0.15, 0.2) is 11.5 Å². The maximum atomic E-state index is 12.5. The summed E-state index contributed by atoms with van der Waals surface area (Å²) >= 11 is 6.23. The van der Waals surface area contributed by atoms with Gasteiger partial charge in [-0.3, -0.25) is 9.00 Å². The average Bonchev–Trinajstić information content (AvgIpc) is 2.61. The first-order valence-electron chi connectivity index (χ1n) is 8.83. The van der Waals surface area contributed by atoms with Crippen LogP contribution in [-0.2, 0) is 22.0 Å². The van der Waals surface area contributed by atoms with Gasteiger partial charge < -0.3 is 14.8 Å². The van der Waals surface area contributed by atoms with E-state index in [4.69, 9.17) is 21.1 Å². The van der Waals surface area contributed by atoms with E-state index in [2.05, 4.69) is 5.32 Å². The van der Waals surface area contributed by atoms with Crippen molar-refractivity contribution >= 4 is 28.3 Å². The number of hydrogen-bond donors (Lipinski definition) is 1. The molecular weight excluding hydrogens is 362 g/mol. The molecule has 1 fully saturated rings. The predicted octanol–water partition coefficient (Wildman–Crippen LogP) is 2.85. The van der Waals surface area contributed by atoms with Crippen molar-refractivity contribution in [2.75, 3.05) is 19.0 Å². The van der Waals surface area contributed by atoms with Crippen LogP contribution >= 0.6 is 11.6 Å². The van der Waals surface area contributed by atoms with Gasteiger partial charge in [-0.2, -0.15) is 0 Å². The van der Waals surface area contributed by atoms with Crippen LogP contribution in [0.25, 0.3) is 0 Å². The van der Waals surface area contributed by atoms with Crippen LogP contribution in [0.15, 0.2) is 12.1 Å². The highest BCUT2D eigenvalue weighted by Crippen LogP contribution is 2.38. The molecule has 138 valence electrons. The fourth-order valence-corrected chi connectivity index (χ4v) is 5.22. The van der Waals surface area contributed by atoms with Gasteiger partial charge in [-0.15, -0.1) is 0 Å². The number of amides is 1. The van der Waals surface area contributed by atoms with E-state index < -0.39 is 10.8 Å². The van der Waals surface area contributed by atoms with Crippen LogP contribution < -0.4 is 14.8 Å². The smallest absolute Gasteiger partial charge is 0.224 e. The number of halogens is 1. The normalized spacial score (nSPS) is 23.8.